The molecule has 158 valence electrons. The van der Waals surface area contributed by atoms with Gasteiger partial charge in [0.2, 0.25) is 5.95 Å². The molecule has 0 radical (unpaired) electrons. The van der Waals surface area contributed by atoms with Crippen LogP contribution in [0.1, 0.15) is 16.3 Å². The molecule has 0 spiro atoms. The van der Waals surface area contributed by atoms with E-state index in [0.29, 0.717) is 0 Å². The van der Waals surface area contributed by atoms with Crippen molar-refractivity contribution in [2.45, 2.75) is 11.8 Å². The summed E-state index contributed by atoms with van der Waals surface area (Å²) in [6.07, 6.45) is 0. The maximum absolute atomic E-state index is 15.0. The summed E-state index contributed by atoms with van der Waals surface area (Å²) < 4.78 is 47.9. The molecule has 30 heavy (non-hydrogen) atoms. The average Bonchev–Trinajstić information content (AvgIpc) is 2.95. The van der Waals surface area contributed by atoms with Gasteiger partial charge in [0, 0.05) is 16.1 Å². The Bertz CT molecular complexity index is 1240. The van der Waals surface area contributed by atoms with Crippen molar-refractivity contribution in [1.29, 1.82) is 0 Å². The summed E-state index contributed by atoms with van der Waals surface area (Å²) in [6, 6.07) is 8.16. The number of carbonyl (C=O) groups excluding carboxylic acids is 1. The Morgan fingerprint density at radius 1 is 1.13 bits per heavy atom. The summed E-state index contributed by atoms with van der Waals surface area (Å²) in [6.45, 7) is 1.43. The molecule has 0 atom stereocenters. The number of benzene rings is 2. The van der Waals surface area contributed by atoms with Crippen LogP contribution in [0.5, 0.6) is 5.75 Å². The van der Waals surface area contributed by atoms with E-state index in [1.165, 1.54) is 44.4 Å². The number of halogens is 4. The molecule has 0 saturated carbocycles. The highest BCUT2D eigenvalue weighted by atomic mass is 35.5. The number of carbonyl (C=O) groups is 1. The van der Waals surface area contributed by atoms with Gasteiger partial charge in [0.1, 0.15) is 16.5 Å². The standard InChI is InChI=1S/C18H13Cl3FN3O4S/c1-9-23-16(17(22)25(9)12-6-10(19)5-11(20)7-12)18(26)24-30(27,28)15-8-13(29-2)3-4-14(15)21/h3-8H,1-2H3,(H,24,26). The summed E-state index contributed by atoms with van der Waals surface area (Å²) in [5.41, 5.74) is -0.515. The first-order valence-electron chi connectivity index (χ1n) is 8.15. The summed E-state index contributed by atoms with van der Waals surface area (Å²) in [5, 5.41) is 0.337. The van der Waals surface area contributed by atoms with Gasteiger partial charge in [0.25, 0.3) is 15.9 Å². The molecule has 0 fully saturated rings. The van der Waals surface area contributed by atoms with E-state index in [1.807, 2.05) is 0 Å². The van der Waals surface area contributed by atoms with Crippen molar-refractivity contribution >= 4 is 50.7 Å². The van der Waals surface area contributed by atoms with E-state index < -0.39 is 32.5 Å². The lowest BCUT2D eigenvalue weighted by molar-refractivity contribution is 0.0972. The van der Waals surface area contributed by atoms with Gasteiger partial charge in [-0.1, -0.05) is 34.8 Å². The Hall–Kier alpha value is -2.33. The number of hydrogen-bond acceptors (Lipinski definition) is 5. The van der Waals surface area contributed by atoms with E-state index in [4.69, 9.17) is 39.5 Å². The predicted octanol–water partition coefficient (Wildman–Crippen LogP) is 4.41. The molecule has 0 bridgehead atoms. The first kappa shape index (κ1) is 22.4. The first-order chi connectivity index (χ1) is 14.0. The molecular formula is C18H13Cl3FN3O4S. The van der Waals surface area contributed by atoms with E-state index in [2.05, 4.69) is 4.98 Å². The Morgan fingerprint density at radius 2 is 1.77 bits per heavy atom. The van der Waals surface area contributed by atoms with Gasteiger partial charge in [0.05, 0.1) is 17.8 Å². The second-order valence-electron chi connectivity index (χ2n) is 5.99. The number of ether oxygens (including phenoxy) is 1. The van der Waals surface area contributed by atoms with Crippen molar-refractivity contribution in [3.63, 3.8) is 0 Å². The van der Waals surface area contributed by atoms with Crippen LogP contribution in [0.3, 0.4) is 0 Å². The van der Waals surface area contributed by atoms with E-state index in [1.54, 1.807) is 4.72 Å². The number of methoxy groups -OCH3 is 1. The third-order valence-corrected chi connectivity index (χ3v) is 6.21. The predicted molar refractivity (Wildman–Crippen MR) is 111 cm³/mol. The lowest BCUT2D eigenvalue weighted by atomic mass is 10.3. The lowest BCUT2D eigenvalue weighted by Crippen LogP contribution is -2.31. The number of amides is 1. The number of rotatable bonds is 5. The first-order valence-corrected chi connectivity index (χ1v) is 10.8. The quantitative estimate of drug-likeness (QED) is 0.570. The summed E-state index contributed by atoms with van der Waals surface area (Å²) in [4.78, 5) is 16.0. The molecule has 0 aliphatic rings. The zero-order valence-corrected chi connectivity index (χ0v) is 18.5. The molecule has 7 nitrogen and oxygen atoms in total. The molecule has 1 N–H and O–H groups in total. The number of sulfonamides is 1. The molecule has 3 rings (SSSR count). The molecule has 0 unspecified atom stereocenters. The fraction of sp³-hybridized carbons (Fsp3) is 0.111. The average molecular weight is 493 g/mol. The Labute approximate surface area is 186 Å². The van der Waals surface area contributed by atoms with Crippen LogP contribution >= 0.6 is 34.8 Å². The van der Waals surface area contributed by atoms with Gasteiger partial charge in [-0.05, 0) is 37.3 Å². The largest absolute Gasteiger partial charge is 0.497 e. The number of imidazole rings is 1. The topological polar surface area (TPSA) is 90.3 Å². The van der Waals surface area contributed by atoms with Gasteiger partial charge in [-0.15, -0.1) is 0 Å². The van der Waals surface area contributed by atoms with Gasteiger partial charge >= 0.3 is 0 Å². The van der Waals surface area contributed by atoms with Gasteiger partial charge in [0.15, 0.2) is 5.69 Å². The van der Waals surface area contributed by atoms with Crippen LogP contribution in [0.15, 0.2) is 41.3 Å². The Kier molecular flexibility index (Phi) is 6.28. The lowest BCUT2D eigenvalue weighted by Gasteiger charge is -2.09. The zero-order valence-electron chi connectivity index (χ0n) is 15.4. The fourth-order valence-electron chi connectivity index (χ4n) is 2.66. The number of nitrogens with zero attached hydrogens (tertiary/aromatic N) is 2. The maximum atomic E-state index is 15.0. The number of aryl methyl sites for hydroxylation is 1. The SMILES string of the molecule is COc1ccc(Cl)c(S(=O)(=O)NC(=O)c2nc(C)n(-c3cc(Cl)cc(Cl)c3)c2F)c1. The van der Waals surface area contributed by atoms with Gasteiger partial charge in [-0.25, -0.2) is 18.1 Å². The van der Waals surface area contributed by atoms with Crippen molar-refractivity contribution in [3.05, 3.63) is 68.9 Å². The number of hydrogen-bond donors (Lipinski definition) is 1. The Balaban J connectivity index is 1.99. The summed E-state index contributed by atoms with van der Waals surface area (Å²) in [5.74, 6) is -2.08. The van der Waals surface area contributed by atoms with Crippen molar-refractivity contribution < 1.29 is 22.3 Å². The van der Waals surface area contributed by atoms with E-state index >= 15 is 0 Å². The van der Waals surface area contributed by atoms with Crippen LogP contribution in [-0.2, 0) is 10.0 Å². The van der Waals surface area contributed by atoms with Crippen LogP contribution < -0.4 is 9.46 Å². The minimum Gasteiger partial charge on any atom is -0.497 e. The minimum atomic E-state index is -4.44. The second-order valence-corrected chi connectivity index (χ2v) is 8.92. The summed E-state index contributed by atoms with van der Waals surface area (Å²) >= 11 is 17.8. The van der Waals surface area contributed by atoms with E-state index in [-0.39, 0.29) is 32.3 Å². The molecule has 2 aromatic carbocycles. The monoisotopic (exact) mass is 491 g/mol. The van der Waals surface area contributed by atoms with E-state index in [0.717, 1.165) is 10.6 Å². The van der Waals surface area contributed by atoms with Crippen molar-refractivity contribution in [1.82, 2.24) is 14.3 Å². The second kappa shape index (κ2) is 8.43. The highest BCUT2D eigenvalue weighted by Crippen LogP contribution is 2.27. The molecular weight excluding hydrogens is 480 g/mol. The third-order valence-electron chi connectivity index (χ3n) is 3.96. The van der Waals surface area contributed by atoms with Crippen LogP contribution in [0, 0.1) is 12.9 Å². The number of nitrogens with one attached hydrogen (secondary N) is 1. The van der Waals surface area contributed by atoms with Crippen molar-refractivity contribution in [3.8, 4) is 11.4 Å². The van der Waals surface area contributed by atoms with Crippen LogP contribution in [0.2, 0.25) is 15.1 Å². The molecule has 3 aromatic rings. The molecule has 12 heteroatoms. The molecule has 1 amide bonds. The van der Waals surface area contributed by atoms with Gasteiger partial charge in [-0.2, -0.15) is 4.39 Å². The van der Waals surface area contributed by atoms with Crippen LogP contribution in [-0.4, -0.2) is 31.0 Å². The molecule has 0 saturated heterocycles. The highest BCUT2D eigenvalue weighted by Gasteiger charge is 2.28. The van der Waals surface area contributed by atoms with Gasteiger partial charge < -0.3 is 4.74 Å². The Morgan fingerprint density at radius 3 is 2.37 bits per heavy atom. The van der Waals surface area contributed by atoms with Crippen molar-refractivity contribution in [2.24, 2.45) is 0 Å². The maximum Gasteiger partial charge on any atom is 0.288 e. The highest BCUT2D eigenvalue weighted by molar-refractivity contribution is 7.90. The normalized spacial score (nSPS) is 11.4. The van der Waals surface area contributed by atoms with Crippen LogP contribution in [0.4, 0.5) is 4.39 Å². The zero-order chi connectivity index (χ0) is 22.2. The smallest absolute Gasteiger partial charge is 0.288 e. The molecule has 0 aliphatic carbocycles. The van der Waals surface area contributed by atoms with E-state index in [9.17, 15) is 17.6 Å². The van der Waals surface area contributed by atoms with Gasteiger partial charge in [-0.3, -0.25) is 9.36 Å². The number of aromatic nitrogens is 2. The molecule has 0 aliphatic heterocycles. The third kappa shape index (κ3) is 4.39. The minimum absolute atomic E-state index is 0.0767. The van der Waals surface area contributed by atoms with Crippen molar-refractivity contribution in [2.75, 3.05) is 7.11 Å². The fourth-order valence-corrected chi connectivity index (χ4v) is 4.64. The molecule has 1 aromatic heterocycles. The van der Waals surface area contributed by atoms with Crippen LogP contribution in [0.25, 0.3) is 5.69 Å². The molecule has 1 heterocycles. The summed E-state index contributed by atoms with van der Waals surface area (Å²) in [7, 11) is -3.10.